The fourth-order valence-electron chi connectivity index (χ4n) is 2.79. The second kappa shape index (κ2) is 8.58. The smallest absolute Gasteiger partial charge is 0.246 e. The van der Waals surface area contributed by atoms with Gasteiger partial charge >= 0.3 is 0 Å². The Balaban J connectivity index is 1.94. The fraction of sp³-hybridized carbons (Fsp3) is 0.500. The zero-order valence-electron chi connectivity index (χ0n) is 14.1. The van der Waals surface area contributed by atoms with E-state index in [0.29, 0.717) is 17.4 Å². The largest absolute Gasteiger partial charge is 0.493 e. The van der Waals surface area contributed by atoms with Crippen LogP contribution in [0.1, 0.15) is 18.4 Å². The van der Waals surface area contributed by atoms with Crippen molar-refractivity contribution in [2.24, 2.45) is 5.92 Å². The summed E-state index contributed by atoms with van der Waals surface area (Å²) in [6.07, 6.45) is 5.44. The molecular formula is C18H25NO4. The summed E-state index contributed by atoms with van der Waals surface area (Å²) in [5, 5.41) is 0. The Hall–Kier alpha value is -2.01. The van der Waals surface area contributed by atoms with Gasteiger partial charge in [-0.2, -0.15) is 0 Å². The van der Waals surface area contributed by atoms with Gasteiger partial charge in [-0.25, -0.2) is 0 Å². The highest BCUT2D eigenvalue weighted by Crippen LogP contribution is 2.28. The molecule has 5 heteroatoms. The molecule has 1 fully saturated rings. The molecule has 0 bridgehead atoms. The molecular weight excluding hydrogens is 294 g/mol. The Bertz CT molecular complexity index is 548. The van der Waals surface area contributed by atoms with E-state index in [-0.39, 0.29) is 5.91 Å². The molecule has 1 heterocycles. The molecule has 1 aliphatic rings. The van der Waals surface area contributed by atoms with Crippen molar-refractivity contribution in [1.82, 2.24) is 4.90 Å². The Labute approximate surface area is 137 Å². The van der Waals surface area contributed by atoms with E-state index in [2.05, 4.69) is 0 Å². The maximum Gasteiger partial charge on any atom is 0.246 e. The number of benzene rings is 1. The number of methoxy groups -OCH3 is 3. The first-order chi connectivity index (χ1) is 11.2. The van der Waals surface area contributed by atoms with E-state index in [0.717, 1.165) is 38.1 Å². The highest BCUT2D eigenvalue weighted by Gasteiger charge is 2.21. The lowest BCUT2D eigenvalue weighted by Gasteiger charge is -2.30. The van der Waals surface area contributed by atoms with Crippen molar-refractivity contribution >= 4 is 12.0 Å². The number of carbonyl (C=O) groups excluding carboxylic acids is 1. The van der Waals surface area contributed by atoms with E-state index < -0.39 is 0 Å². The third-order valence-corrected chi connectivity index (χ3v) is 4.15. The van der Waals surface area contributed by atoms with Gasteiger partial charge in [0, 0.05) is 32.9 Å². The number of hydrogen-bond donors (Lipinski definition) is 0. The second-order valence-corrected chi connectivity index (χ2v) is 5.67. The van der Waals surface area contributed by atoms with E-state index in [1.54, 1.807) is 27.4 Å². The number of rotatable bonds is 6. The van der Waals surface area contributed by atoms with Gasteiger partial charge in [-0.1, -0.05) is 6.07 Å². The number of likely N-dealkylation sites (tertiary alicyclic amines) is 1. The summed E-state index contributed by atoms with van der Waals surface area (Å²) in [5.74, 6) is 1.95. The van der Waals surface area contributed by atoms with Crippen LogP contribution in [0.15, 0.2) is 24.3 Å². The Morgan fingerprint density at radius 2 is 1.87 bits per heavy atom. The summed E-state index contributed by atoms with van der Waals surface area (Å²) >= 11 is 0. The van der Waals surface area contributed by atoms with Crippen LogP contribution in [0.5, 0.6) is 11.5 Å². The van der Waals surface area contributed by atoms with Crippen LogP contribution in [-0.2, 0) is 9.53 Å². The first-order valence-corrected chi connectivity index (χ1v) is 7.86. The van der Waals surface area contributed by atoms with Crippen molar-refractivity contribution in [1.29, 1.82) is 0 Å². The minimum atomic E-state index is 0.0515. The summed E-state index contributed by atoms with van der Waals surface area (Å²) in [6, 6.07) is 5.59. The fourth-order valence-corrected chi connectivity index (χ4v) is 2.79. The molecule has 1 aromatic rings. The van der Waals surface area contributed by atoms with Crippen molar-refractivity contribution in [3.63, 3.8) is 0 Å². The second-order valence-electron chi connectivity index (χ2n) is 5.67. The summed E-state index contributed by atoms with van der Waals surface area (Å²) in [4.78, 5) is 14.2. The summed E-state index contributed by atoms with van der Waals surface area (Å²) < 4.78 is 15.7. The van der Waals surface area contributed by atoms with Crippen LogP contribution in [0.2, 0.25) is 0 Å². The molecule has 5 nitrogen and oxygen atoms in total. The van der Waals surface area contributed by atoms with Gasteiger partial charge in [0.2, 0.25) is 5.91 Å². The van der Waals surface area contributed by atoms with Gasteiger partial charge in [0.05, 0.1) is 14.2 Å². The van der Waals surface area contributed by atoms with Gasteiger partial charge in [0.1, 0.15) is 0 Å². The number of amides is 1. The monoisotopic (exact) mass is 319 g/mol. The molecule has 1 aliphatic heterocycles. The van der Waals surface area contributed by atoms with E-state index in [1.807, 2.05) is 29.2 Å². The van der Waals surface area contributed by atoms with Crippen molar-refractivity contribution in [2.75, 3.05) is 41.0 Å². The minimum absolute atomic E-state index is 0.0515. The van der Waals surface area contributed by atoms with Crippen molar-refractivity contribution in [3.8, 4) is 11.5 Å². The molecule has 1 aromatic carbocycles. The molecule has 0 atom stereocenters. The predicted molar refractivity (Wildman–Crippen MR) is 89.8 cm³/mol. The lowest BCUT2D eigenvalue weighted by atomic mass is 9.98. The lowest BCUT2D eigenvalue weighted by molar-refractivity contribution is -0.127. The number of carbonyl (C=O) groups is 1. The van der Waals surface area contributed by atoms with Crippen LogP contribution >= 0.6 is 0 Å². The number of nitrogens with zero attached hydrogens (tertiary/aromatic N) is 1. The number of ether oxygens (including phenoxy) is 3. The Morgan fingerprint density at radius 3 is 2.48 bits per heavy atom. The van der Waals surface area contributed by atoms with E-state index in [1.165, 1.54) is 0 Å². The van der Waals surface area contributed by atoms with E-state index >= 15 is 0 Å². The quantitative estimate of drug-likeness (QED) is 0.756. The molecule has 0 radical (unpaired) electrons. The molecule has 126 valence electrons. The topological polar surface area (TPSA) is 48.0 Å². The van der Waals surface area contributed by atoms with Crippen LogP contribution in [-0.4, -0.2) is 51.8 Å². The third kappa shape index (κ3) is 4.73. The average Bonchev–Trinajstić information content (AvgIpc) is 2.60. The Kier molecular flexibility index (Phi) is 6.47. The van der Waals surface area contributed by atoms with Crippen LogP contribution in [0, 0.1) is 5.92 Å². The molecule has 0 unspecified atom stereocenters. The van der Waals surface area contributed by atoms with Crippen LogP contribution in [0.3, 0.4) is 0 Å². The van der Waals surface area contributed by atoms with Gasteiger partial charge in [0.25, 0.3) is 0 Å². The van der Waals surface area contributed by atoms with Crippen molar-refractivity contribution < 1.29 is 19.0 Å². The highest BCUT2D eigenvalue weighted by molar-refractivity contribution is 5.91. The van der Waals surface area contributed by atoms with Crippen LogP contribution < -0.4 is 9.47 Å². The van der Waals surface area contributed by atoms with Crippen molar-refractivity contribution in [2.45, 2.75) is 12.8 Å². The maximum atomic E-state index is 12.3. The summed E-state index contributed by atoms with van der Waals surface area (Å²) in [6.45, 7) is 2.37. The SMILES string of the molecule is COCC1CCN(C(=O)/C=C/c2ccc(OC)c(OC)c2)CC1. The van der Waals surface area contributed by atoms with E-state index in [9.17, 15) is 4.79 Å². The first kappa shape index (κ1) is 17.3. The average molecular weight is 319 g/mol. The van der Waals surface area contributed by atoms with Gasteiger partial charge in [0.15, 0.2) is 11.5 Å². The summed E-state index contributed by atoms with van der Waals surface area (Å²) in [5.41, 5.74) is 0.908. The highest BCUT2D eigenvalue weighted by atomic mass is 16.5. The molecule has 1 amide bonds. The molecule has 0 saturated carbocycles. The van der Waals surface area contributed by atoms with E-state index in [4.69, 9.17) is 14.2 Å². The van der Waals surface area contributed by atoms with Gasteiger partial charge in [-0.15, -0.1) is 0 Å². The normalized spacial score (nSPS) is 15.9. The van der Waals surface area contributed by atoms with Gasteiger partial charge in [-0.3, -0.25) is 4.79 Å². The first-order valence-electron chi connectivity index (χ1n) is 7.86. The standard InChI is InChI=1S/C18H25NO4/c1-21-13-15-8-10-19(11-9-15)18(20)7-5-14-4-6-16(22-2)17(12-14)23-3/h4-7,12,15H,8-11,13H2,1-3H3/b7-5+. The number of piperidine rings is 1. The zero-order valence-corrected chi connectivity index (χ0v) is 14.1. The van der Waals surface area contributed by atoms with Crippen LogP contribution in [0.4, 0.5) is 0 Å². The maximum absolute atomic E-state index is 12.3. The van der Waals surface area contributed by atoms with Gasteiger partial charge < -0.3 is 19.1 Å². The predicted octanol–water partition coefficient (Wildman–Crippen LogP) is 2.60. The molecule has 0 spiro atoms. The zero-order chi connectivity index (χ0) is 16.7. The van der Waals surface area contributed by atoms with Crippen LogP contribution in [0.25, 0.3) is 6.08 Å². The Morgan fingerprint density at radius 1 is 1.17 bits per heavy atom. The number of hydrogen-bond acceptors (Lipinski definition) is 4. The van der Waals surface area contributed by atoms with Gasteiger partial charge in [-0.05, 0) is 42.5 Å². The molecule has 0 aliphatic carbocycles. The molecule has 2 rings (SSSR count). The molecule has 23 heavy (non-hydrogen) atoms. The molecule has 0 aromatic heterocycles. The molecule has 1 saturated heterocycles. The lowest BCUT2D eigenvalue weighted by Crippen LogP contribution is -2.38. The summed E-state index contributed by atoms with van der Waals surface area (Å²) in [7, 11) is 4.92. The minimum Gasteiger partial charge on any atom is -0.493 e. The third-order valence-electron chi connectivity index (χ3n) is 4.15. The van der Waals surface area contributed by atoms with Crippen molar-refractivity contribution in [3.05, 3.63) is 29.8 Å². The molecule has 0 N–H and O–H groups in total.